The summed E-state index contributed by atoms with van der Waals surface area (Å²) in [6, 6.07) is 0.757. The molecule has 1 atom stereocenters. The second-order valence-electron chi connectivity index (χ2n) is 7.47. The van der Waals surface area contributed by atoms with E-state index < -0.39 is 0 Å². The highest BCUT2D eigenvalue weighted by Gasteiger charge is 2.66. The molecule has 17 heavy (non-hydrogen) atoms. The van der Waals surface area contributed by atoms with Gasteiger partial charge in [-0.05, 0) is 35.6 Å². The Bertz CT molecular complexity index is 247. The van der Waals surface area contributed by atoms with Crippen molar-refractivity contribution in [1.82, 2.24) is 5.32 Å². The van der Waals surface area contributed by atoms with Gasteiger partial charge in [0.25, 0.3) is 0 Å². The summed E-state index contributed by atoms with van der Waals surface area (Å²) in [5.41, 5.74) is 1.05. The van der Waals surface area contributed by atoms with Crippen LogP contribution in [0.1, 0.15) is 66.7 Å². The maximum atomic E-state index is 3.78. The summed E-state index contributed by atoms with van der Waals surface area (Å²) in [4.78, 5) is 0. The van der Waals surface area contributed by atoms with Crippen LogP contribution in [-0.4, -0.2) is 12.6 Å². The summed E-state index contributed by atoms with van der Waals surface area (Å²) in [6.45, 7) is 13.2. The zero-order valence-electron chi connectivity index (χ0n) is 12.5. The Morgan fingerprint density at radius 3 is 2.00 bits per heavy atom. The SMILES string of the molecule is CCNC(CC1CCCC1)C1C(C)(C)C1(C)C. The number of hydrogen-bond acceptors (Lipinski definition) is 1. The number of rotatable bonds is 5. The van der Waals surface area contributed by atoms with E-state index in [2.05, 4.69) is 39.9 Å². The van der Waals surface area contributed by atoms with Crippen LogP contribution in [0.3, 0.4) is 0 Å². The Labute approximate surface area is 108 Å². The Hall–Kier alpha value is -0.0400. The van der Waals surface area contributed by atoms with Crippen molar-refractivity contribution in [3.63, 3.8) is 0 Å². The third kappa shape index (κ3) is 2.28. The van der Waals surface area contributed by atoms with E-state index >= 15 is 0 Å². The first-order valence-electron chi connectivity index (χ1n) is 7.64. The van der Waals surface area contributed by atoms with Crippen LogP contribution < -0.4 is 5.32 Å². The van der Waals surface area contributed by atoms with Gasteiger partial charge in [0, 0.05) is 6.04 Å². The zero-order chi connectivity index (χ0) is 12.7. The molecule has 0 aromatic heterocycles. The van der Waals surface area contributed by atoms with Crippen LogP contribution >= 0.6 is 0 Å². The van der Waals surface area contributed by atoms with E-state index in [1.54, 1.807) is 0 Å². The molecule has 2 aliphatic carbocycles. The van der Waals surface area contributed by atoms with E-state index in [1.807, 2.05) is 0 Å². The minimum absolute atomic E-state index is 0.526. The van der Waals surface area contributed by atoms with E-state index in [-0.39, 0.29) is 0 Å². The van der Waals surface area contributed by atoms with Crippen LogP contribution in [0.15, 0.2) is 0 Å². The fraction of sp³-hybridized carbons (Fsp3) is 1.00. The summed E-state index contributed by atoms with van der Waals surface area (Å²) < 4.78 is 0. The lowest BCUT2D eigenvalue weighted by molar-refractivity contribution is 0.326. The van der Waals surface area contributed by atoms with Crippen molar-refractivity contribution in [1.29, 1.82) is 0 Å². The van der Waals surface area contributed by atoms with Gasteiger partial charge in [-0.2, -0.15) is 0 Å². The highest BCUT2D eigenvalue weighted by atomic mass is 15.0. The largest absolute Gasteiger partial charge is 0.314 e. The maximum Gasteiger partial charge on any atom is 0.0108 e. The molecule has 2 rings (SSSR count). The Balaban J connectivity index is 1.98. The van der Waals surface area contributed by atoms with Crippen LogP contribution in [-0.2, 0) is 0 Å². The molecule has 2 saturated carbocycles. The van der Waals surface area contributed by atoms with Gasteiger partial charge >= 0.3 is 0 Å². The summed E-state index contributed by atoms with van der Waals surface area (Å²) >= 11 is 0. The lowest BCUT2D eigenvalue weighted by atomic mass is 9.92. The van der Waals surface area contributed by atoms with Gasteiger partial charge in [0.05, 0.1) is 0 Å². The van der Waals surface area contributed by atoms with Gasteiger partial charge in [-0.15, -0.1) is 0 Å². The third-order valence-corrected chi connectivity index (χ3v) is 6.06. The zero-order valence-corrected chi connectivity index (χ0v) is 12.5. The molecule has 1 heteroatoms. The normalized spacial score (nSPS) is 29.5. The fourth-order valence-corrected chi connectivity index (χ4v) is 4.46. The van der Waals surface area contributed by atoms with Crippen LogP contribution in [0, 0.1) is 22.7 Å². The molecule has 100 valence electrons. The Morgan fingerprint density at radius 1 is 1.06 bits per heavy atom. The monoisotopic (exact) mass is 237 g/mol. The van der Waals surface area contributed by atoms with Crippen LogP contribution in [0.4, 0.5) is 0 Å². The average molecular weight is 237 g/mol. The Kier molecular flexibility index (Phi) is 3.60. The highest BCUT2D eigenvalue weighted by Crippen LogP contribution is 2.70. The first-order valence-corrected chi connectivity index (χ1v) is 7.64. The molecule has 0 heterocycles. The summed E-state index contributed by atoms with van der Waals surface area (Å²) in [6.07, 6.45) is 7.33. The number of hydrogen-bond donors (Lipinski definition) is 1. The smallest absolute Gasteiger partial charge is 0.0108 e. The van der Waals surface area contributed by atoms with Crippen molar-refractivity contribution in [3.8, 4) is 0 Å². The predicted molar refractivity (Wildman–Crippen MR) is 75.1 cm³/mol. The lowest BCUT2D eigenvalue weighted by Crippen LogP contribution is -2.34. The van der Waals surface area contributed by atoms with Crippen molar-refractivity contribution in [3.05, 3.63) is 0 Å². The van der Waals surface area contributed by atoms with Crippen molar-refractivity contribution in [2.24, 2.45) is 22.7 Å². The molecule has 1 unspecified atom stereocenters. The molecule has 0 bridgehead atoms. The van der Waals surface area contributed by atoms with Crippen LogP contribution in [0.25, 0.3) is 0 Å². The predicted octanol–water partition coefficient (Wildman–Crippen LogP) is 4.23. The van der Waals surface area contributed by atoms with Gasteiger partial charge in [0.2, 0.25) is 0 Å². The molecular weight excluding hydrogens is 206 g/mol. The highest BCUT2D eigenvalue weighted by molar-refractivity contribution is 5.16. The molecule has 0 amide bonds. The van der Waals surface area contributed by atoms with Gasteiger partial charge in [0.15, 0.2) is 0 Å². The van der Waals surface area contributed by atoms with Crippen LogP contribution in [0.2, 0.25) is 0 Å². The molecular formula is C16H31N. The van der Waals surface area contributed by atoms with Crippen molar-refractivity contribution >= 4 is 0 Å². The molecule has 0 aliphatic heterocycles. The van der Waals surface area contributed by atoms with E-state index in [0.717, 1.165) is 24.4 Å². The molecule has 2 fully saturated rings. The lowest BCUT2D eigenvalue weighted by Gasteiger charge is -2.23. The molecule has 2 aliphatic rings. The minimum Gasteiger partial charge on any atom is -0.314 e. The van der Waals surface area contributed by atoms with Crippen LogP contribution in [0.5, 0.6) is 0 Å². The maximum absolute atomic E-state index is 3.78. The molecule has 0 aromatic carbocycles. The molecule has 1 N–H and O–H groups in total. The van der Waals surface area contributed by atoms with E-state index in [4.69, 9.17) is 0 Å². The van der Waals surface area contributed by atoms with E-state index in [0.29, 0.717) is 10.8 Å². The van der Waals surface area contributed by atoms with Gasteiger partial charge in [-0.25, -0.2) is 0 Å². The second-order valence-corrected chi connectivity index (χ2v) is 7.47. The molecule has 0 saturated heterocycles. The van der Waals surface area contributed by atoms with Gasteiger partial charge in [-0.3, -0.25) is 0 Å². The average Bonchev–Trinajstić information content (AvgIpc) is 2.59. The van der Waals surface area contributed by atoms with Crippen molar-refractivity contribution < 1.29 is 0 Å². The molecule has 0 radical (unpaired) electrons. The quantitative estimate of drug-likeness (QED) is 0.754. The van der Waals surface area contributed by atoms with Gasteiger partial charge in [0.1, 0.15) is 0 Å². The van der Waals surface area contributed by atoms with E-state index in [1.165, 1.54) is 32.1 Å². The molecule has 0 spiro atoms. The molecule has 0 aromatic rings. The summed E-state index contributed by atoms with van der Waals surface area (Å²) in [5.74, 6) is 1.88. The van der Waals surface area contributed by atoms with Crippen molar-refractivity contribution in [2.75, 3.05) is 6.54 Å². The fourth-order valence-electron chi connectivity index (χ4n) is 4.46. The van der Waals surface area contributed by atoms with Crippen molar-refractivity contribution in [2.45, 2.75) is 72.8 Å². The first kappa shape index (κ1) is 13.4. The van der Waals surface area contributed by atoms with E-state index in [9.17, 15) is 0 Å². The third-order valence-electron chi connectivity index (χ3n) is 6.06. The Morgan fingerprint density at radius 2 is 1.59 bits per heavy atom. The standard InChI is InChI=1S/C16H31N/c1-6-17-13(11-12-9-7-8-10-12)14-15(2,3)16(14,4)5/h12-14,17H,6-11H2,1-5H3. The first-order chi connectivity index (χ1) is 7.91. The second kappa shape index (κ2) is 4.57. The summed E-state index contributed by atoms with van der Waals surface area (Å²) in [7, 11) is 0. The topological polar surface area (TPSA) is 12.0 Å². The van der Waals surface area contributed by atoms with Gasteiger partial charge in [-0.1, -0.05) is 60.3 Å². The van der Waals surface area contributed by atoms with Gasteiger partial charge < -0.3 is 5.32 Å². The minimum atomic E-state index is 0.526. The molecule has 1 nitrogen and oxygen atoms in total. The summed E-state index contributed by atoms with van der Waals surface area (Å²) in [5, 5.41) is 3.78. The number of nitrogens with one attached hydrogen (secondary N) is 1.